The largest absolute Gasteiger partial charge is 0.354 e. The van der Waals surface area contributed by atoms with Gasteiger partial charge in [0.1, 0.15) is 5.69 Å². The summed E-state index contributed by atoms with van der Waals surface area (Å²) in [5.74, 6) is 0.0432. The van der Waals surface area contributed by atoms with Gasteiger partial charge >= 0.3 is 0 Å². The number of hydrogen-bond acceptors (Lipinski definition) is 8. The summed E-state index contributed by atoms with van der Waals surface area (Å²) in [4.78, 5) is 24.8. The van der Waals surface area contributed by atoms with Crippen LogP contribution in [-0.4, -0.2) is 48.2 Å². The highest BCUT2D eigenvalue weighted by Gasteiger charge is 2.08. The molecular formula is C14H15N7O2S2. The van der Waals surface area contributed by atoms with E-state index in [1.807, 2.05) is 17.5 Å². The minimum absolute atomic E-state index is 0.157. The molecule has 0 aliphatic carbocycles. The predicted molar refractivity (Wildman–Crippen MR) is 94.3 cm³/mol. The first-order chi connectivity index (χ1) is 12.1. The molecule has 0 fully saturated rings. The number of nitrogens with one attached hydrogen (secondary N) is 1. The third kappa shape index (κ3) is 4.51. The van der Waals surface area contributed by atoms with Crippen molar-refractivity contribution >= 4 is 29.0 Å². The van der Waals surface area contributed by atoms with Crippen molar-refractivity contribution in [3.8, 4) is 10.6 Å². The zero-order chi connectivity index (χ0) is 17.6. The third-order valence-corrected chi connectivity index (χ3v) is 5.10. The SMILES string of the molecule is Cn1nnnc1SCC(=O)NCCn1nc(-c2cccs2)ccc1=O. The molecule has 11 heteroatoms. The Morgan fingerprint density at radius 3 is 2.96 bits per heavy atom. The molecule has 0 saturated heterocycles. The molecule has 130 valence electrons. The van der Waals surface area contributed by atoms with Gasteiger partial charge in [0.05, 0.1) is 17.2 Å². The molecule has 3 aromatic heterocycles. The maximum absolute atomic E-state index is 11.9. The van der Waals surface area contributed by atoms with Gasteiger partial charge in [-0.1, -0.05) is 17.8 Å². The molecule has 0 aliphatic rings. The van der Waals surface area contributed by atoms with Crippen LogP contribution < -0.4 is 10.9 Å². The van der Waals surface area contributed by atoms with Gasteiger partial charge in [0.15, 0.2) is 0 Å². The van der Waals surface area contributed by atoms with Gasteiger partial charge in [-0.3, -0.25) is 9.59 Å². The van der Waals surface area contributed by atoms with Crippen LogP contribution >= 0.6 is 23.1 Å². The average molecular weight is 377 g/mol. The Morgan fingerprint density at radius 2 is 2.24 bits per heavy atom. The van der Waals surface area contributed by atoms with Gasteiger partial charge in [-0.15, -0.1) is 16.4 Å². The fourth-order valence-electron chi connectivity index (χ4n) is 1.99. The summed E-state index contributed by atoms with van der Waals surface area (Å²) in [6.45, 7) is 0.622. The topological polar surface area (TPSA) is 108 Å². The average Bonchev–Trinajstić information content (AvgIpc) is 3.26. The highest BCUT2D eigenvalue weighted by atomic mass is 32.2. The molecule has 1 amide bonds. The molecule has 0 aromatic carbocycles. The molecule has 0 aliphatic heterocycles. The quantitative estimate of drug-likeness (QED) is 0.594. The maximum atomic E-state index is 11.9. The van der Waals surface area contributed by atoms with Crippen molar-refractivity contribution in [3.05, 3.63) is 40.0 Å². The van der Waals surface area contributed by atoms with E-state index >= 15 is 0 Å². The molecule has 0 radical (unpaired) electrons. The number of hydrogen-bond donors (Lipinski definition) is 1. The van der Waals surface area contributed by atoms with E-state index in [9.17, 15) is 9.59 Å². The monoisotopic (exact) mass is 377 g/mol. The van der Waals surface area contributed by atoms with Crippen LogP contribution in [0.2, 0.25) is 0 Å². The second-order valence-corrected chi connectivity index (χ2v) is 6.87. The second kappa shape index (κ2) is 8.03. The predicted octanol–water partition coefficient (Wildman–Crippen LogP) is 0.404. The van der Waals surface area contributed by atoms with Crippen molar-refractivity contribution in [1.82, 2.24) is 35.3 Å². The number of nitrogens with zero attached hydrogens (tertiary/aromatic N) is 6. The summed E-state index contributed by atoms with van der Waals surface area (Å²) in [5.41, 5.74) is 0.542. The summed E-state index contributed by atoms with van der Waals surface area (Å²) in [5, 5.41) is 20.6. The maximum Gasteiger partial charge on any atom is 0.266 e. The number of tetrazole rings is 1. The van der Waals surface area contributed by atoms with Crippen LogP contribution in [-0.2, 0) is 18.4 Å². The van der Waals surface area contributed by atoms with Crippen molar-refractivity contribution in [2.45, 2.75) is 11.7 Å². The summed E-state index contributed by atoms with van der Waals surface area (Å²) >= 11 is 2.80. The normalized spacial score (nSPS) is 10.8. The molecule has 3 rings (SSSR count). The van der Waals surface area contributed by atoms with Crippen molar-refractivity contribution in [2.75, 3.05) is 12.3 Å². The van der Waals surface area contributed by atoms with Crippen LogP contribution in [0.4, 0.5) is 0 Å². The fraction of sp³-hybridized carbons (Fsp3) is 0.286. The van der Waals surface area contributed by atoms with E-state index in [1.165, 1.54) is 27.2 Å². The minimum atomic E-state index is -0.200. The van der Waals surface area contributed by atoms with E-state index in [-0.39, 0.29) is 17.2 Å². The Hall–Kier alpha value is -2.53. The van der Waals surface area contributed by atoms with Crippen LogP contribution in [0.15, 0.2) is 39.6 Å². The molecule has 25 heavy (non-hydrogen) atoms. The van der Waals surface area contributed by atoms with Gasteiger partial charge in [-0.25, -0.2) is 9.36 Å². The first kappa shape index (κ1) is 17.3. The first-order valence-corrected chi connectivity index (χ1v) is 9.24. The number of carbonyl (C=O) groups is 1. The number of amides is 1. The fourth-order valence-corrected chi connectivity index (χ4v) is 3.36. The van der Waals surface area contributed by atoms with E-state index in [0.29, 0.717) is 18.2 Å². The Morgan fingerprint density at radius 1 is 1.36 bits per heavy atom. The molecule has 0 unspecified atom stereocenters. The summed E-state index contributed by atoms with van der Waals surface area (Å²) in [6.07, 6.45) is 0. The van der Waals surface area contributed by atoms with Crippen LogP contribution in [0, 0.1) is 0 Å². The van der Waals surface area contributed by atoms with Crippen LogP contribution in [0.25, 0.3) is 10.6 Å². The van der Waals surface area contributed by atoms with E-state index in [0.717, 1.165) is 10.6 Å². The molecular weight excluding hydrogens is 362 g/mol. The standard InChI is InChI=1S/C14H15N7O2S2/c1-20-14(16-18-19-20)25-9-12(22)15-6-7-21-13(23)5-4-10(17-21)11-3-2-8-24-11/h2-5,8H,6-7,9H2,1H3,(H,15,22). The lowest BCUT2D eigenvalue weighted by atomic mass is 10.3. The smallest absolute Gasteiger partial charge is 0.266 e. The van der Waals surface area contributed by atoms with E-state index in [2.05, 4.69) is 25.9 Å². The van der Waals surface area contributed by atoms with Gasteiger partial charge in [0, 0.05) is 19.7 Å². The van der Waals surface area contributed by atoms with E-state index in [4.69, 9.17) is 0 Å². The Kier molecular flexibility index (Phi) is 5.56. The van der Waals surface area contributed by atoms with Gasteiger partial charge < -0.3 is 5.32 Å². The van der Waals surface area contributed by atoms with E-state index in [1.54, 1.807) is 24.5 Å². The third-order valence-electron chi connectivity index (χ3n) is 3.20. The van der Waals surface area contributed by atoms with Crippen LogP contribution in [0.1, 0.15) is 0 Å². The van der Waals surface area contributed by atoms with Crippen LogP contribution in [0.3, 0.4) is 0 Å². The van der Waals surface area contributed by atoms with Crippen molar-refractivity contribution in [3.63, 3.8) is 0 Å². The highest BCUT2D eigenvalue weighted by Crippen LogP contribution is 2.20. The number of aryl methyl sites for hydroxylation is 1. The van der Waals surface area contributed by atoms with Gasteiger partial charge in [0.2, 0.25) is 11.1 Å². The second-order valence-electron chi connectivity index (χ2n) is 4.98. The van der Waals surface area contributed by atoms with Crippen LogP contribution in [0.5, 0.6) is 0 Å². The lowest BCUT2D eigenvalue weighted by Gasteiger charge is -2.07. The summed E-state index contributed by atoms with van der Waals surface area (Å²) in [7, 11) is 1.71. The number of thioether (sulfide) groups is 1. The van der Waals surface area contributed by atoms with Crippen molar-refractivity contribution in [1.29, 1.82) is 0 Å². The van der Waals surface area contributed by atoms with Crippen molar-refractivity contribution in [2.24, 2.45) is 7.05 Å². The zero-order valence-electron chi connectivity index (χ0n) is 13.3. The number of carbonyl (C=O) groups excluding carboxylic acids is 1. The molecule has 9 nitrogen and oxygen atoms in total. The number of aromatic nitrogens is 6. The van der Waals surface area contributed by atoms with Gasteiger partial charge in [-0.2, -0.15) is 5.10 Å². The lowest BCUT2D eigenvalue weighted by molar-refractivity contribution is -0.118. The van der Waals surface area contributed by atoms with Gasteiger partial charge in [0.25, 0.3) is 5.56 Å². The molecule has 0 bridgehead atoms. The lowest BCUT2D eigenvalue weighted by Crippen LogP contribution is -2.32. The first-order valence-electron chi connectivity index (χ1n) is 7.37. The zero-order valence-corrected chi connectivity index (χ0v) is 15.0. The Labute approximate surface area is 151 Å². The summed E-state index contributed by atoms with van der Waals surface area (Å²) < 4.78 is 2.85. The molecule has 0 saturated carbocycles. The van der Waals surface area contributed by atoms with Gasteiger partial charge in [-0.05, 0) is 27.9 Å². The van der Waals surface area contributed by atoms with E-state index < -0.39 is 0 Å². The molecule has 1 N–H and O–H groups in total. The Bertz CT molecular complexity index is 904. The number of rotatable bonds is 7. The molecule has 3 heterocycles. The number of thiophene rings is 1. The minimum Gasteiger partial charge on any atom is -0.354 e. The molecule has 0 spiro atoms. The highest BCUT2D eigenvalue weighted by molar-refractivity contribution is 7.99. The van der Waals surface area contributed by atoms with Crippen molar-refractivity contribution < 1.29 is 4.79 Å². The molecule has 3 aromatic rings. The Balaban J connectivity index is 1.51. The summed E-state index contributed by atoms with van der Waals surface area (Å²) in [6, 6.07) is 7.07. The molecule has 0 atom stereocenters.